The van der Waals surface area contributed by atoms with E-state index in [9.17, 15) is 0 Å². The van der Waals surface area contributed by atoms with Crippen LogP contribution in [0.4, 0.5) is 0 Å². The van der Waals surface area contributed by atoms with Crippen molar-refractivity contribution in [2.24, 2.45) is 0 Å². The van der Waals surface area contributed by atoms with Gasteiger partial charge < -0.3 is 9.47 Å². The Morgan fingerprint density at radius 1 is 1.08 bits per heavy atom. The third kappa shape index (κ3) is 2.52. The van der Waals surface area contributed by atoms with Crippen molar-refractivity contribution in [1.29, 1.82) is 0 Å². The van der Waals surface area contributed by atoms with E-state index in [4.69, 9.17) is 9.47 Å². The summed E-state index contributed by atoms with van der Waals surface area (Å²) in [4.78, 5) is 4.83. The molecule has 0 spiro atoms. The van der Waals surface area contributed by atoms with Gasteiger partial charge in [-0.3, -0.25) is 4.98 Å². The van der Waals surface area contributed by atoms with Crippen LogP contribution in [-0.2, 0) is 0 Å². The monoisotopic (exact) mass is 349 g/mol. The lowest BCUT2D eigenvalue weighted by Gasteiger charge is -1.99. The summed E-state index contributed by atoms with van der Waals surface area (Å²) >= 11 is 1.47. The molecule has 4 heterocycles. The summed E-state index contributed by atoms with van der Waals surface area (Å²) in [7, 11) is 0. The maximum absolute atomic E-state index is 5.43. The van der Waals surface area contributed by atoms with Gasteiger partial charge in [0.15, 0.2) is 17.3 Å². The quantitative estimate of drug-likeness (QED) is 0.566. The van der Waals surface area contributed by atoms with Gasteiger partial charge in [-0.25, -0.2) is 0 Å². The molecule has 0 bridgehead atoms. The number of ether oxygens (including phenoxy) is 2. The van der Waals surface area contributed by atoms with Crippen molar-refractivity contribution in [2.45, 2.75) is 0 Å². The van der Waals surface area contributed by atoms with Crippen molar-refractivity contribution in [3.8, 4) is 22.9 Å². The molecule has 0 saturated heterocycles. The number of fused-ring (bicyclic) bond motifs is 2. The van der Waals surface area contributed by atoms with Gasteiger partial charge in [-0.2, -0.15) is 9.61 Å². The molecule has 3 aromatic heterocycles. The molecule has 1 aliphatic rings. The Kier molecular flexibility index (Phi) is 3.20. The molecule has 0 radical (unpaired) electrons. The topological polar surface area (TPSA) is 74.4 Å². The van der Waals surface area contributed by atoms with Crippen LogP contribution in [0.3, 0.4) is 0 Å². The van der Waals surface area contributed by atoms with Crippen LogP contribution in [0.15, 0.2) is 42.7 Å². The highest BCUT2D eigenvalue weighted by Gasteiger charge is 2.18. The molecule has 0 atom stereocenters. The molecule has 8 heteroatoms. The van der Waals surface area contributed by atoms with Crippen LogP contribution in [0.25, 0.3) is 28.5 Å². The molecule has 0 amide bonds. The fraction of sp³-hybridized carbons (Fsp3) is 0.0588. The van der Waals surface area contributed by atoms with Crippen LogP contribution in [0.1, 0.15) is 10.6 Å². The Balaban J connectivity index is 1.51. The molecule has 0 aliphatic carbocycles. The van der Waals surface area contributed by atoms with Gasteiger partial charge in [0.05, 0.1) is 0 Å². The molecule has 5 rings (SSSR count). The molecule has 0 N–H and O–H groups in total. The molecule has 0 saturated carbocycles. The van der Waals surface area contributed by atoms with E-state index in [1.165, 1.54) is 11.3 Å². The SMILES string of the molecule is C(=C\c1nn2c(-c3ccc4c(c3)OCO4)nnc2s1)/c1cccnc1. The van der Waals surface area contributed by atoms with E-state index in [0.29, 0.717) is 11.6 Å². The van der Waals surface area contributed by atoms with Gasteiger partial charge in [-0.1, -0.05) is 23.5 Å². The minimum Gasteiger partial charge on any atom is -0.454 e. The number of hydrogen-bond donors (Lipinski definition) is 0. The van der Waals surface area contributed by atoms with Gasteiger partial charge >= 0.3 is 0 Å². The smallest absolute Gasteiger partial charge is 0.235 e. The largest absolute Gasteiger partial charge is 0.454 e. The average molecular weight is 349 g/mol. The Bertz CT molecular complexity index is 1090. The van der Waals surface area contributed by atoms with Crippen LogP contribution in [0.5, 0.6) is 11.5 Å². The standard InChI is InChI=1S/C17H11N5O2S/c1-2-11(9-18-7-1)3-6-15-21-22-16(19-20-17(22)25-15)12-4-5-13-14(8-12)24-10-23-13/h1-9H,10H2/b6-3+. The molecule has 122 valence electrons. The van der Waals surface area contributed by atoms with E-state index in [1.807, 2.05) is 42.5 Å². The predicted molar refractivity (Wildman–Crippen MR) is 93.4 cm³/mol. The van der Waals surface area contributed by atoms with Crippen LogP contribution >= 0.6 is 11.3 Å². The van der Waals surface area contributed by atoms with Crippen molar-refractivity contribution < 1.29 is 9.47 Å². The van der Waals surface area contributed by atoms with Crippen molar-refractivity contribution >= 4 is 28.4 Å². The first-order valence-electron chi connectivity index (χ1n) is 7.57. The first-order chi connectivity index (χ1) is 12.4. The molecule has 4 aromatic rings. The van der Waals surface area contributed by atoms with Gasteiger partial charge in [0, 0.05) is 18.0 Å². The fourth-order valence-corrected chi connectivity index (χ4v) is 3.30. The molecule has 0 fully saturated rings. The van der Waals surface area contributed by atoms with Gasteiger partial charge in [0.1, 0.15) is 5.01 Å². The van der Waals surface area contributed by atoms with Crippen molar-refractivity contribution in [3.05, 3.63) is 53.3 Å². The second kappa shape index (κ2) is 5.67. The Hall–Kier alpha value is -3.26. The maximum Gasteiger partial charge on any atom is 0.235 e. The van der Waals surface area contributed by atoms with Crippen molar-refractivity contribution in [3.63, 3.8) is 0 Å². The Labute approximate surface area is 146 Å². The lowest BCUT2D eigenvalue weighted by Crippen LogP contribution is -1.93. The minimum absolute atomic E-state index is 0.244. The third-order valence-electron chi connectivity index (χ3n) is 3.74. The summed E-state index contributed by atoms with van der Waals surface area (Å²) in [5.74, 6) is 2.12. The summed E-state index contributed by atoms with van der Waals surface area (Å²) in [6.07, 6.45) is 7.46. The van der Waals surface area contributed by atoms with Crippen molar-refractivity contribution in [2.75, 3.05) is 6.79 Å². The number of aromatic nitrogens is 5. The molecule has 1 aliphatic heterocycles. The zero-order valence-corrected chi connectivity index (χ0v) is 13.7. The normalized spacial score (nSPS) is 13.1. The Morgan fingerprint density at radius 2 is 2.04 bits per heavy atom. The first-order valence-corrected chi connectivity index (χ1v) is 8.39. The minimum atomic E-state index is 0.244. The molecular formula is C17H11N5O2S. The van der Waals surface area contributed by atoms with Gasteiger partial charge in [0.2, 0.25) is 11.8 Å². The lowest BCUT2D eigenvalue weighted by atomic mass is 10.2. The molecule has 1 aromatic carbocycles. The number of hydrogen-bond acceptors (Lipinski definition) is 7. The third-order valence-corrected chi connectivity index (χ3v) is 4.60. The second-order valence-electron chi connectivity index (χ2n) is 5.35. The number of benzene rings is 1. The van der Waals surface area contributed by atoms with Gasteiger partial charge in [-0.05, 0) is 35.9 Å². The highest BCUT2D eigenvalue weighted by molar-refractivity contribution is 7.17. The number of rotatable bonds is 3. The summed E-state index contributed by atoms with van der Waals surface area (Å²) in [6.45, 7) is 0.244. The zero-order chi connectivity index (χ0) is 16.6. The highest BCUT2D eigenvalue weighted by atomic mass is 32.1. The molecule has 0 unspecified atom stereocenters. The maximum atomic E-state index is 5.43. The summed E-state index contributed by atoms with van der Waals surface area (Å²) in [6, 6.07) is 9.57. The van der Waals surface area contributed by atoms with E-state index >= 15 is 0 Å². The van der Waals surface area contributed by atoms with Crippen LogP contribution in [0, 0.1) is 0 Å². The molecule has 25 heavy (non-hydrogen) atoms. The van der Waals surface area contributed by atoms with E-state index in [0.717, 1.165) is 26.8 Å². The van der Waals surface area contributed by atoms with E-state index < -0.39 is 0 Å². The van der Waals surface area contributed by atoms with E-state index in [-0.39, 0.29) is 6.79 Å². The van der Waals surface area contributed by atoms with E-state index in [2.05, 4.69) is 20.3 Å². The first kappa shape index (κ1) is 14.1. The van der Waals surface area contributed by atoms with Crippen molar-refractivity contribution in [1.82, 2.24) is 24.8 Å². The van der Waals surface area contributed by atoms with Crippen LogP contribution < -0.4 is 9.47 Å². The van der Waals surface area contributed by atoms with Gasteiger partial charge in [-0.15, -0.1) is 10.2 Å². The number of nitrogens with zero attached hydrogens (tertiary/aromatic N) is 5. The van der Waals surface area contributed by atoms with Crippen LogP contribution in [0.2, 0.25) is 0 Å². The van der Waals surface area contributed by atoms with Crippen LogP contribution in [-0.4, -0.2) is 31.6 Å². The summed E-state index contributed by atoms with van der Waals surface area (Å²) in [5, 5.41) is 13.9. The van der Waals surface area contributed by atoms with E-state index in [1.54, 1.807) is 16.9 Å². The zero-order valence-electron chi connectivity index (χ0n) is 12.9. The molecule has 7 nitrogen and oxygen atoms in total. The van der Waals surface area contributed by atoms with Gasteiger partial charge in [0.25, 0.3) is 0 Å². The second-order valence-corrected chi connectivity index (χ2v) is 6.33. The average Bonchev–Trinajstić information content (AvgIpc) is 3.35. The fourth-order valence-electron chi connectivity index (χ4n) is 2.56. The lowest BCUT2D eigenvalue weighted by molar-refractivity contribution is 0.174. The summed E-state index contributed by atoms with van der Waals surface area (Å²) in [5.41, 5.74) is 1.90. The molecular weight excluding hydrogens is 338 g/mol. The predicted octanol–water partition coefficient (Wildman–Crippen LogP) is 3.15. The number of pyridine rings is 1. The summed E-state index contributed by atoms with van der Waals surface area (Å²) < 4.78 is 12.5. The Morgan fingerprint density at radius 3 is 2.96 bits per heavy atom. The highest BCUT2D eigenvalue weighted by Crippen LogP contribution is 2.35.